The first-order chi connectivity index (χ1) is 15.1. The van der Waals surface area contributed by atoms with Gasteiger partial charge in [0.25, 0.3) is 0 Å². The van der Waals surface area contributed by atoms with E-state index >= 15 is 0 Å². The molecule has 3 aromatic rings. The number of aromatic nitrogens is 2. The highest BCUT2D eigenvalue weighted by molar-refractivity contribution is 6.30. The van der Waals surface area contributed by atoms with Crippen LogP contribution in [0.1, 0.15) is 41.7 Å². The number of halogens is 1. The van der Waals surface area contributed by atoms with E-state index in [-0.39, 0.29) is 18.0 Å². The minimum atomic E-state index is 0.0915. The summed E-state index contributed by atoms with van der Waals surface area (Å²) in [6.45, 7) is 1.82. The number of fused-ring (bicyclic) bond motifs is 1. The first-order valence-corrected chi connectivity index (χ1v) is 10.8. The van der Waals surface area contributed by atoms with Crippen LogP contribution in [0.5, 0.6) is 0 Å². The van der Waals surface area contributed by atoms with Gasteiger partial charge in [-0.2, -0.15) is 5.26 Å². The lowest BCUT2D eigenvalue weighted by molar-refractivity contribution is -0.122. The third-order valence-electron chi connectivity index (χ3n) is 6.32. The molecule has 1 fully saturated rings. The van der Waals surface area contributed by atoms with E-state index in [0.717, 1.165) is 30.8 Å². The molecule has 2 unspecified atom stereocenters. The first-order valence-electron chi connectivity index (χ1n) is 10.5. The monoisotopic (exact) mass is 431 g/mol. The number of nitrogens with zero attached hydrogens (tertiary/aromatic N) is 5. The molecule has 0 saturated carbocycles. The number of nitriles is 1. The van der Waals surface area contributed by atoms with Crippen LogP contribution in [0, 0.1) is 11.3 Å². The normalized spacial score (nSPS) is 21.5. The van der Waals surface area contributed by atoms with Crippen LogP contribution in [0.15, 0.2) is 61.1 Å². The molecule has 2 atom stereocenters. The highest BCUT2D eigenvalue weighted by atomic mass is 35.5. The van der Waals surface area contributed by atoms with Gasteiger partial charge in [-0.25, -0.2) is 4.98 Å². The van der Waals surface area contributed by atoms with Gasteiger partial charge in [0.05, 0.1) is 42.3 Å². The Morgan fingerprint density at radius 2 is 1.87 bits per heavy atom. The summed E-state index contributed by atoms with van der Waals surface area (Å²) in [7, 11) is 0. The van der Waals surface area contributed by atoms with E-state index in [2.05, 4.69) is 20.5 Å². The quantitative estimate of drug-likeness (QED) is 0.624. The summed E-state index contributed by atoms with van der Waals surface area (Å²) in [6, 6.07) is 17.8. The van der Waals surface area contributed by atoms with E-state index in [4.69, 9.17) is 16.9 Å². The highest BCUT2D eigenvalue weighted by Crippen LogP contribution is 2.39. The van der Waals surface area contributed by atoms with E-state index in [9.17, 15) is 4.79 Å². The van der Waals surface area contributed by atoms with Crippen LogP contribution in [0.4, 0.5) is 5.69 Å². The second-order valence-electron chi connectivity index (χ2n) is 8.06. The van der Waals surface area contributed by atoms with Crippen LogP contribution >= 0.6 is 11.6 Å². The summed E-state index contributed by atoms with van der Waals surface area (Å²) in [6.07, 6.45) is 5.73. The Labute approximate surface area is 186 Å². The summed E-state index contributed by atoms with van der Waals surface area (Å²) in [5.41, 5.74) is 3.84. The molecule has 0 spiro atoms. The van der Waals surface area contributed by atoms with Crippen molar-refractivity contribution in [2.24, 2.45) is 0 Å². The molecule has 0 bridgehead atoms. The van der Waals surface area contributed by atoms with Gasteiger partial charge in [-0.05, 0) is 48.7 Å². The maximum atomic E-state index is 12.9. The average molecular weight is 432 g/mol. The molecular formula is C24H22ClN5O. The highest BCUT2D eigenvalue weighted by Gasteiger charge is 2.35. The Bertz CT molecular complexity index is 1150. The zero-order chi connectivity index (χ0) is 21.4. The smallest absolute Gasteiger partial charge is 0.241 e. The Morgan fingerprint density at radius 1 is 1.06 bits per heavy atom. The van der Waals surface area contributed by atoms with Gasteiger partial charge in [-0.15, -0.1) is 0 Å². The van der Waals surface area contributed by atoms with Crippen molar-refractivity contribution in [1.29, 1.82) is 5.26 Å². The number of hydrogen-bond donors (Lipinski definition) is 0. The Morgan fingerprint density at radius 3 is 2.61 bits per heavy atom. The van der Waals surface area contributed by atoms with Crippen LogP contribution in [-0.4, -0.2) is 40.0 Å². The van der Waals surface area contributed by atoms with Crippen LogP contribution in [0.3, 0.4) is 0 Å². The lowest BCUT2D eigenvalue weighted by atomic mass is 9.92. The molecule has 0 aliphatic carbocycles. The predicted octanol–water partition coefficient (Wildman–Crippen LogP) is 4.18. The molecule has 156 valence electrons. The summed E-state index contributed by atoms with van der Waals surface area (Å²) in [4.78, 5) is 21.5. The number of hydrogen-bond acceptors (Lipinski definition) is 4. The van der Waals surface area contributed by atoms with Crippen molar-refractivity contribution in [3.63, 3.8) is 0 Å². The summed E-state index contributed by atoms with van der Waals surface area (Å²) in [5, 5.41) is 9.70. The minimum Gasteiger partial charge on any atom is -0.326 e. The fourth-order valence-electron chi connectivity index (χ4n) is 4.79. The Balaban J connectivity index is 1.34. The van der Waals surface area contributed by atoms with Crippen molar-refractivity contribution in [3.8, 4) is 6.07 Å². The van der Waals surface area contributed by atoms with Crippen molar-refractivity contribution >= 4 is 23.2 Å². The van der Waals surface area contributed by atoms with Crippen LogP contribution in [0.25, 0.3) is 0 Å². The minimum absolute atomic E-state index is 0.0915. The third-order valence-corrected chi connectivity index (χ3v) is 6.56. The van der Waals surface area contributed by atoms with Gasteiger partial charge < -0.3 is 9.47 Å². The topological polar surface area (TPSA) is 65.2 Å². The van der Waals surface area contributed by atoms with Crippen molar-refractivity contribution in [2.75, 3.05) is 24.5 Å². The van der Waals surface area contributed by atoms with Crippen LogP contribution < -0.4 is 4.90 Å². The molecule has 7 heteroatoms. The van der Waals surface area contributed by atoms with Gasteiger partial charge in [0.2, 0.25) is 5.91 Å². The lowest BCUT2D eigenvalue weighted by Crippen LogP contribution is -2.52. The van der Waals surface area contributed by atoms with E-state index in [0.29, 0.717) is 23.7 Å². The SMILES string of the molecule is N#Cc1ccc(C2CCC(N3CCN(c4cccc(Cl)c4)C(=O)C3)c3cncn32)cc1. The fraction of sp³-hybridized carbons (Fsp3) is 0.292. The second kappa shape index (κ2) is 8.18. The largest absolute Gasteiger partial charge is 0.326 e. The molecule has 2 aliphatic heterocycles. The molecule has 0 radical (unpaired) electrons. The summed E-state index contributed by atoms with van der Waals surface area (Å²) >= 11 is 6.11. The molecule has 1 aromatic heterocycles. The number of amides is 1. The lowest BCUT2D eigenvalue weighted by Gasteiger charge is -2.42. The molecule has 5 rings (SSSR count). The van der Waals surface area contributed by atoms with E-state index < -0.39 is 0 Å². The number of carbonyl (C=O) groups excluding carboxylic acids is 1. The number of carbonyl (C=O) groups is 1. The first kappa shape index (κ1) is 19.8. The van der Waals surface area contributed by atoms with E-state index in [1.807, 2.05) is 66.0 Å². The molecule has 6 nitrogen and oxygen atoms in total. The number of piperazine rings is 1. The molecule has 1 amide bonds. The number of anilines is 1. The zero-order valence-corrected chi connectivity index (χ0v) is 17.7. The summed E-state index contributed by atoms with van der Waals surface area (Å²) in [5.74, 6) is 0.0915. The number of imidazole rings is 1. The zero-order valence-electron chi connectivity index (χ0n) is 17.0. The van der Waals surface area contributed by atoms with Crippen LogP contribution in [0.2, 0.25) is 5.02 Å². The maximum Gasteiger partial charge on any atom is 0.241 e. The van der Waals surface area contributed by atoms with E-state index in [1.165, 1.54) is 5.56 Å². The molecule has 2 aromatic carbocycles. The van der Waals surface area contributed by atoms with Gasteiger partial charge >= 0.3 is 0 Å². The fourth-order valence-corrected chi connectivity index (χ4v) is 4.97. The number of rotatable bonds is 3. The van der Waals surface area contributed by atoms with Gasteiger partial charge in [-0.3, -0.25) is 9.69 Å². The standard InChI is InChI=1S/C24H22ClN5O/c25-19-2-1-3-20(12-19)29-11-10-28(15-24(29)31)22-9-8-21(30-16-27-14-23(22)30)18-6-4-17(13-26)5-7-18/h1-7,12,14,16,21-22H,8-11,15H2. The van der Waals surface area contributed by atoms with Gasteiger partial charge in [0.15, 0.2) is 0 Å². The van der Waals surface area contributed by atoms with Gasteiger partial charge in [0, 0.05) is 30.0 Å². The van der Waals surface area contributed by atoms with Gasteiger partial charge in [-0.1, -0.05) is 29.8 Å². The number of benzene rings is 2. The van der Waals surface area contributed by atoms with Crippen LogP contribution in [-0.2, 0) is 4.79 Å². The third kappa shape index (κ3) is 3.71. The molecule has 3 heterocycles. The van der Waals surface area contributed by atoms with Crippen molar-refractivity contribution < 1.29 is 4.79 Å². The van der Waals surface area contributed by atoms with Crippen molar-refractivity contribution in [3.05, 3.63) is 82.9 Å². The molecular weight excluding hydrogens is 410 g/mol. The Kier molecular flexibility index (Phi) is 5.23. The average Bonchev–Trinajstić information content (AvgIpc) is 3.28. The maximum absolute atomic E-state index is 12.9. The second-order valence-corrected chi connectivity index (χ2v) is 8.50. The van der Waals surface area contributed by atoms with Crippen molar-refractivity contribution in [2.45, 2.75) is 24.9 Å². The molecule has 0 N–H and O–H groups in total. The van der Waals surface area contributed by atoms with E-state index in [1.54, 1.807) is 0 Å². The Hall–Kier alpha value is -3.14. The molecule has 2 aliphatic rings. The molecule has 31 heavy (non-hydrogen) atoms. The molecule has 1 saturated heterocycles. The predicted molar refractivity (Wildman–Crippen MR) is 119 cm³/mol. The summed E-state index contributed by atoms with van der Waals surface area (Å²) < 4.78 is 2.23. The van der Waals surface area contributed by atoms with Crippen molar-refractivity contribution in [1.82, 2.24) is 14.5 Å². The van der Waals surface area contributed by atoms with Gasteiger partial charge in [0.1, 0.15) is 0 Å².